The highest BCUT2D eigenvalue weighted by Gasteiger charge is 2.26. The van der Waals surface area contributed by atoms with Gasteiger partial charge in [-0.3, -0.25) is 4.79 Å². The van der Waals surface area contributed by atoms with Crippen LogP contribution < -0.4 is 4.90 Å². The predicted molar refractivity (Wildman–Crippen MR) is 102 cm³/mol. The number of carbonyl (C=O) groups excluding carboxylic acids is 1. The molecule has 0 aromatic carbocycles. The molecule has 7 heteroatoms. The van der Waals surface area contributed by atoms with E-state index in [1.54, 1.807) is 18.5 Å². The van der Waals surface area contributed by atoms with Crippen molar-refractivity contribution < 1.29 is 4.79 Å². The molecule has 0 bridgehead atoms. The molecule has 2 saturated heterocycles. The Kier molecular flexibility index (Phi) is 5.11. The standard InChI is InChI=1S/C19H24ClN5O/c20-16-11-15(19(26)24-8-2-1-3-9-24)12-23-18(16)25-10-4-5-14(13-25)17-21-6-7-22-17/h6-7,11-12,14H,1-5,8-10,13H2,(H,21,22). The Morgan fingerprint density at radius 2 is 2.00 bits per heavy atom. The fourth-order valence-corrected chi connectivity index (χ4v) is 4.24. The number of pyridine rings is 1. The average Bonchev–Trinajstić information content (AvgIpc) is 3.23. The Morgan fingerprint density at radius 1 is 1.15 bits per heavy atom. The minimum atomic E-state index is 0.0396. The summed E-state index contributed by atoms with van der Waals surface area (Å²) in [7, 11) is 0. The topological polar surface area (TPSA) is 65.1 Å². The molecule has 0 spiro atoms. The minimum absolute atomic E-state index is 0.0396. The van der Waals surface area contributed by atoms with Crippen LogP contribution in [0, 0.1) is 0 Å². The number of imidazole rings is 1. The first-order valence-corrected chi connectivity index (χ1v) is 9.79. The summed E-state index contributed by atoms with van der Waals surface area (Å²) < 4.78 is 0. The summed E-state index contributed by atoms with van der Waals surface area (Å²) in [4.78, 5) is 28.9. The summed E-state index contributed by atoms with van der Waals surface area (Å²) >= 11 is 6.52. The first-order valence-electron chi connectivity index (χ1n) is 9.41. The van der Waals surface area contributed by atoms with Crippen molar-refractivity contribution in [2.24, 2.45) is 0 Å². The van der Waals surface area contributed by atoms with Crippen molar-refractivity contribution in [3.05, 3.63) is 41.1 Å². The number of amides is 1. The molecule has 4 rings (SSSR count). The second-order valence-corrected chi connectivity index (χ2v) is 7.55. The molecule has 1 unspecified atom stereocenters. The molecular weight excluding hydrogens is 350 g/mol. The molecule has 0 saturated carbocycles. The molecule has 0 aliphatic carbocycles. The quantitative estimate of drug-likeness (QED) is 0.894. The van der Waals surface area contributed by atoms with Gasteiger partial charge in [0.1, 0.15) is 11.6 Å². The van der Waals surface area contributed by atoms with Crippen molar-refractivity contribution >= 4 is 23.3 Å². The summed E-state index contributed by atoms with van der Waals surface area (Å²) in [6.07, 6.45) is 10.9. The number of halogens is 1. The second-order valence-electron chi connectivity index (χ2n) is 7.14. The van der Waals surface area contributed by atoms with Crippen LogP contribution in [-0.2, 0) is 0 Å². The lowest BCUT2D eigenvalue weighted by atomic mass is 9.97. The summed E-state index contributed by atoms with van der Waals surface area (Å²) in [6, 6.07) is 1.78. The number of anilines is 1. The molecule has 26 heavy (non-hydrogen) atoms. The maximum absolute atomic E-state index is 12.6. The molecule has 1 atom stereocenters. The van der Waals surface area contributed by atoms with Gasteiger partial charge < -0.3 is 14.8 Å². The van der Waals surface area contributed by atoms with Gasteiger partial charge in [-0.1, -0.05) is 11.6 Å². The van der Waals surface area contributed by atoms with Crippen molar-refractivity contribution in [3.8, 4) is 0 Å². The van der Waals surface area contributed by atoms with Crippen molar-refractivity contribution in [3.63, 3.8) is 0 Å². The number of likely N-dealkylation sites (tertiary alicyclic amines) is 1. The van der Waals surface area contributed by atoms with Crippen molar-refractivity contribution in [2.45, 2.75) is 38.0 Å². The molecule has 0 radical (unpaired) electrons. The van der Waals surface area contributed by atoms with Crippen LogP contribution in [0.15, 0.2) is 24.7 Å². The highest BCUT2D eigenvalue weighted by molar-refractivity contribution is 6.33. The van der Waals surface area contributed by atoms with Gasteiger partial charge in [0, 0.05) is 50.7 Å². The fraction of sp³-hybridized carbons (Fsp3) is 0.526. The monoisotopic (exact) mass is 373 g/mol. The van der Waals surface area contributed by atoms with Gasteiger partial charge in [-0.15, -0.1) is 0 Å². The SMILES string of the molecule is O=C(c1cnc(N2CCCC(c3ncc[nH]3)C2)c(Cl)c1)N1CCCCC1. The van der Waals surface area contributed by atoms with Crippen molar-refractivity contribution in [1.82, 2.24) is 19.9 Å². The van der Waals surface area contributed by atoms with E-state index in [0.29, 0.717) is 16.5 Å². The maximum Gasteiger partial charge on any atom is 0.255 e. The number of nitrogens with zero attached hydrogens (tertiary/aromatic N) is 4. The number of hydrogen-bond donors (Lipinski definition) is 1. The number of aromatic nitrogens is 3. The van der Waals surface area contributed by atoms with E-state index in [9.17, 15) is 4.79 Å². The number of H-pyrrole nitrogens is 1. The number of carbonyl (C=O) groups is 1. The first-order chi connectivity index (χ1) is 12.7. The summed E-state index contributed by atoms with van der Waals surface area (Å²) in [5.74, 6) is 2.17. The maximum atomic E-state index is 12.6. The second kappa shape index (κ2) is 7.66. The number of hydrogen-bond acceptors (Lipinski definition) is 4. The van der Waals surface area contributed by atoms with E-state index < -0.39 is 0 Å². The average molecular weight is 374 g/mol. The molecule has 1 N–H and O–H groups in total. The molecule has 2 aliphatic rings. The van der Waals surface area contributed by atoms with Crippen LogP contribution in [0.1, 0.15) is 54.2 Å². The molecule has 2 aliphatic heterocycles. The highest BCUT2D eigenvalue weighted by atomic mass is 35.5. The Morgan fingerprint density at radius 3 is 2.73 bits per heavy atom. The Bertz CT molecular complexity index is 757. The van der Waals surface area contributed by atoms with Crippen LogP contribution in [0.25, 0.3) is 0 Å². The Balaban J connectivity index is 1.49. The number of nitrogens with one attached hydrogen (secondary N) is 1. The summed E-state index contributed by atoms with van der Waals surface area (Å²) in [5.41, 5.74) is 0.584. The van der Waals surface area contributed by atoms with Gasteiger partial charge in [-0.2, -0.15) is 0 Å². The molecule has 2 aromatic rings. The Hall–Kier alpha value is -2.08. The third-order valence-corrected chi connectivity index (χ3v) is 5.62. The molecule has 2 fully saturated rings. The van der Waals surface area contributed by atoms with E-state index >= 15 is 0 Å². The van der Waals surface area contributed by atoms with Gasteiger partial charge in [0.25, 0.3) is 5.91 Å². The molecule has 6 nitrogen and oxygen atoms in total. The molecule has 4 heterocycles. The molecular formula is C19H24ClN5O. The summed E-state index contributed by atoms with van der Waals surface area (Å²) in [6.45, 7) is 3.41. The lowest BCUT2D eigenvalue weighted by Crippen LogP contribution is -2.36. The summed E-state index contributed by atoms with van der Waals surface area (Å²) in [5, 5.41) is 0.549. The minimum Gasteiger partial charge on any atom is -0.355 e. The predicted octanol–water partition coefficient (Wildman–Crippen LogP) is 3.47. The molecule has 138 valence electrons. The van der Waals surface area contributed by atoms with E-state index in [-0.39, 0.29) is 5.91 Å². The van der Waals surface area contributed by atoms with Gasteiger partial charge >= 0.3 is 0 Å². The van der Waals surface area contributed by atoms with Crippen LogP contribution >= 0.6 is 11.6 Å². The smallest absolute Gasteiger partial charge is 0.255 e. The zero-order valence-electron chi connectivity index (χ0n) is 14.8. The van der Waals surface area contributed by atoms with Gasteiger partial charge in [-0.25, -0.2) is 9.97 Å². The lowest BCUT2D eigenvalue weighted by molar-refractivity contribution is 0.0724. The van der Waals surface area contributed by atoms with E-state index in [1.807, 2.05) is 11.1 Å². The van der Waals surface area contributed by atoms with Gasteiger partial charge in [0.2, 0.25) is 0 Å². The molecule has 2 aromatic heterocycles. The van der Waals surface area contributed by atoms with Gasteiger partial charge in [0.15, 0.2) is 0 Å². The van der Waals surface area contributed by atoms with Crippen LogP contribution in [-0.4, -0.2) is 51.9 Å². The van der Waals surface area contributed by atoms with E-state index in [1.165, 1.54) is 6.42 Å². The number of piperidine rings is 2. The van der Waals surface area contributed by atoms with Crippen LogP contribution in [0.5, 0.6) is 0 Å². The zero-order chi connectivity index (χ0) is 17.9. The van der Waals surface area contributed by atoms with Gasteiger partial charge in [-0.05, 0) is 38.2 Å². The van der Waals surface area contributed by atoms with Crippen LogP contribution in [0.3, 0.4) is 0 Å². The third kappa shape index (κ3) is 3.56. The largest absolute Gasteiger partial charge is 0.355 e. The van der Waals surface area contributed by atoms with Crippen LogP contribution in [0.2, 0.25) is 5.02 Å². The Labute approximate surface area is 158 Å². The normalized spacial score (nSPS) is 21.0. The zero-order valence-corrected chi connectivity index (χ0v) is 15.6. The van der Waals surface area contributed by atoms with E-state index in [0.717, 1.165) is 63.5 Å². The highest BCUT2D eigenvalue weighted by Crippen LogP contribution is 2.31. The first kappa shape index (κ1) is 17.3. The van der Waals surface area contributed by atoms with Crippen LogP contribution in [0.4, 0.5) is 5.82 Å². The number of aromatic amines is 1. The lowest BCUT2D eigenvalue weighted by Gasteiger charge is -2.33. The van der Waals surface area contributed by atoms with E-state index in [4.69, 9.17) is 11.6 Å². The van der Waals surface area contributed by atoms with E-state index in [2.05, 4.69) is 19.9 Å². The van der Waals surface area contributed by atoms with Gasteiger partial charge in [0.05, 0.1) is 10.6 Å². The van der Waals surface area contributed by atoms with Crippen molar-refractivity contribution in [1.29, 1.82) is 0 Å². The fourth-order valence-electron chi connectivity index (χ4n) is 3.95. The molecule has 1 amide bonds. The van der Waals surface area contributed by atoms with Crippen molar-refractivity contribution in [2.75, 3.05) is 31.1 Å². The number of rotatable bonds is 3. The third-order valence-electron chi connectivity index (χ3n) is 5.34.